The molecule has 2 rings (SSSR count). The highest BCUT2D eigenvalue weighted by Gasteiger charge is 2.40. The number of nitrogens with one attached hydrogen (secondary N) is 1. The number of benzene rings is 1. The number of likely N-dealkylation sites (tertiary alicyclic amines) is 1. The Hall–Kier alpha value is -1.26. The molecule has 23 heavy (non-hydrogen) atoms. The van der Waals surface area contributed by atoms with Gasteiger partial charge in [-0.25, -0.2) is 0 Å². The van der Waals surface area contributed by atoms with Gasteiger partial charge in [-0.15, -0.1) is 0 Å². The Labute approximate surface area is 147 Å². The fraction of sp³-hybridized carbons (Fsp3) is 0.529. The maximum Gasteiger partial charge on any atom is 0.239 e. The fourth-order valence-electron chi connectivity index (χ4n) is 2.75. The third kappa shape index (κ3) is 3.99. The molecule has 0 aromatic heterocycles. The molecular formula is C17H22Cl2N2O2. The smallest absolute Gasteiger partial charge is 0.239 e. The van der Waals surface area contributed by atoms with E-state index in [0.29, 0.717) is 29.7 Å². The van der Waals surface area contributed by atoms with Crippen LogP contribution in [-0.4, -0.2) is 29.8 Å². The molecule has 1 aliphatic heterocycles. The molecule has 0 aliphatic carbocycles. The van der Waals surface area contributed by atoms with Crippen LogP contribution in [0.15, 0.2) is 18.2 Å². The summed E-state index contributed by atoms with van der Waals surface area (Å²) >= 11 is 12.0. The molecule has 126 valence electrons. The van der Waals surface area contributed by atoms with E-state index in [1.54, 1.807) is 36.9 Å². The van der Waals surface area contributed by atoms with Crippen molar-refractivity contribution < 1.29 is 9.59 Å². The first kappa shape index (κ1) is 18.1. The highest BCUT2D eigenvalue weighted by molar-refractivity contribution is 6.44. The second-order valence-corrected chi connectivity index (χ2v) is 7.46. The van der Waals surface area contributed by atoms with Gasteiger partial charge in [0.15, 0.2) is 0 Å². The van der Waals surface area contributed by atoms with Gasteiger partial charge in [0.2, 0.25) is 11.8 Å². The van der Waals surface area contributed by atoms with Crippen molar-refractivity contribution in [3.8, 4) is 0 Å². The van der Waals surface area contributed by atoms with E-state index < -0.39 is 5.41 Å². The molecule has 1 N–H and O–H groups in total. The average Bonchev–Trinajstić information content (AvgIpc) is 2.51. The number of anilines is 1. The Morgan fingerprint density at radius 1 is 1.30 bits per heavy atom. The van der Waals surface area contributed by atoms with Crippen LogP contribution in [0.5, 0.6) is 0 Å². The number of hydrogen-bond acceptors (Lipinski definition) is 2. The van der Waals surface area contributed by atoms with Crippen molar-refractivity contribution in [1.29, 1.82) is 0 Å². The highest BCUT2D eigenvalue weighted by atomic mass is 35.5. The Bertz CT molecular complexity index is 617. The Morgan fingerprint density at radius 3 is 2.65 bits per heavy atom. The van der Waals surface area contributed by atoms with Gasteiger partial charge in [0.25, 0.3) is 0 Å². The lowest BCUT2D eigenvalue weighted by atomic mass is 9.88. The van der Waals surface area contributed by atoms with Crippen molar-refractivity contribution in [2.24, 2.45) is 11.3 Å². The summed E-state index contributed by atoms with van der Waals surface area (Å²) in [4.78, 5) is 27.1. The van der Waals surface area contributed by atoms with E-state index in [4.69, 9.17) is 23.2 Å². The van der Waals surface area contributed by atoms with Gasteiger partial charge in [-0.2, -0.15) is 0 Å². The molecule has 2 amide bonds. The van der Waals surface area contributed by atoms with Gasteiger partial charge in [0.1, 0.15) is 5.41 Å². The lowest BCUT2D eigenvalue weighted by Gasteiger charge is -2.36. The Kier molecular flexibility index (Phi) is 5.58. The normalized spacial score (nSPS) is 18.7. The summed E-state index contributed by atoms with van der Waals surface area (Å²) in [5.74, 6) is -0.0708. The number of carbonyl (C=O) groups is 2. The molecule has 1 fully saturated rings. The van der Waals surface area contributed by atoms with Crippen molar-refractivity contribution in [2.45, 2.75) is 33.6 Å². The SMILES string of the molecule is CC1CCCN(C(=O)C(C)(C)C(=O)Nc2cccc(Cl)c2Cl)C1. The summed E-state index contributed by atoms with van der Waals surface area (Å²) in [6.45, 7) is 6.81. The van der Waals surface area contributed by atoms with Crippen LogP contribution in [0.2, 0.25) is 10.0 Å². The monoisotopic (exact) mass is 356 g/mol. The second-order valence-electron chi connectivity index (χ2n) is 6.68. The molecule has 6 heteroatoms. The predicted octanol–water partition coefficient (Wildman–Crippen LogP) is 4.22. The van der Waals surface area contributed by atoms with E-state index >= 15 is 0 Å². The molecular weight excluding hydrogens is 335 g/mol. The first-order valence-electron chi connectivity index (χ1n) is 7.78. The zero-order chi connectivity index (χ0) is 17.2. The molecule has 1 saturated heterocycles. The lowest BCUT2D eigenvalue weighted by molar-refractivity contribution is -0.147. The van der Waals surface area contributed by atoms with Crippen LogP contribution in [0.3, 0.4) is 0 Å². The van der Waals surface area contributed by atoms with Gasteiger partial charge in [0, 0.05) is 13.1 Å². The van der Waals surface area contributed by atoms with E-state index in [-0.39, 0.29) is 16.8 Å². The van der Waals surface area contributed by atoms with Crippen molar-refractivity contribution >= 4 is 40.7 Å². The van der Waals surface area contributed by atoms with Crippen molar-refractivity contribution in [1.82, 2.24) is 4.90 Å². The van der Waals surface area contributed by atoms with Gasteiger partial charge in [-0.1, -0.05) is 36.2 Å². The van der Waals surface area contributed by atoms with Crippen LogP contribution >= 0.6 is 23.2 Å². The maximum atomic E-state index is 12.8. The first-order chi connectivity index (χ1) is 10.7. The van der Waals surface area contributed by atoms with E-state index in [1.165, 1.54) is 0 Å². The first-order valence-corrected chi connectivity index (χ1v) is 8.54. The minimum Gasteiger partial charge on any atom is -0.342 e. The summed E-state index contributed by atoms with van der Waals surface area (Å²) in [5, 5.41) is 3.35. The van der Waals surface area contributed by atoms with Gasteiger partial charge >= 0.3 is 0 Å². The zero-order valence-corrected chi connectivity index (χ0v) is 15.2. The third-order valence-electron chi connectivity index (χ3n) is 4.25. The molecule has 1 aliphatic rings. The van der Waals surface area contributed by atoms with Crippen LogP contribution < -0.4 is 5.32 Å². The largest absolute Gasteiger partial charge is 0.342 e. The Balaban J connectivity index is 2.13. The molecule has 1 aromatic rings. The van der Waals surface area contributed by atoms with Crippen LogP contribution in [0.25, 0.3) is 0 Å². The quantitative estimate of drug-likeness (QED) is 0.824. The van der Waals surface area contributed by atoms with Crippen molar-refractivity contribution in [2.75, 3.05) is 18.4 Å². The lowest BCUT2D eigenvalue weighted by Crippen LogP contribution is -2.50. The standard InChI is InChI=1S/C17H22Cl2N2O2/c1-11-6-5-9-21(10-11)16(23)17(2,3)15(22)20-13-8-4-7-12(18)14(13)19/h4,7-8,11H,5-6,9-10H2,1-3H3,(H,20,22). The van der Waals surface area contributed by atoms with Crippen LogP contribution in [0.4, 0.5) is 5.69 Å². The minimum absolute atomic E-state index is 0.153. The van der Waals surface area contributed by atoms with Crippen LogP contribution in [0, 0.1) is 11.3 Å². The van der Waals surface area contributed by atoms with E-state index in [2.05, 4.69) is 12.2 Å². The highest BCUT2D eigenvalue weighted by Crippen LogP contribution is 2.31. The Morgan fingerprint density at radius 2 is 2.00 bits per heavy atom. The fourth-order valence-corrected chi connectivity index (χ4v) is 3.09. The molecule has 1 aromatic carbocycles. The van der Waals surface area contributed by atoms with E-state index in [0.717, 1.165) is 12.8 Å². The van der Waals surface area contributed by atoms with Crippen molar-refractivity contribution in [3.63, 3.8) is 0 Å². The summed E-state index contributed by atoms with van der Waals surface area (Å²) in [7, 11) is 0. The van der Waals surface area contributed by atoms with Gasteiger partial charge in [0.05, 0.1) is 15.7 Å². The van der Waals surface area contributed by atoms with E-state index in [9.17, 15) is 9.59 Å². The number of carbonyl (C=O) groups excluding carboxylic acids is 2. The molecule has 1 atom stereocenters. The number of piperidine rings is 1. The average molecular weight is 357 g/mol. The van der Waals surface area contributed by atoms with Crippen molar-refractivity contribution in [3.05, 3.63) is 28.2 Å². The summed E-state index contributed by atoms with van der Waals surface area (Å²) < 4.78 is 0. The summed E-state index contributed by atoms with van der Waals surface area (Å²) in [5.41, 5.74) is -0.750. The molecule has 0 saturated carbocycles. The predicted molar refractivity (Wildman–Crippen MR) is 93.9 cm³/mol. The van der Waals surface area contributed by atoms with Gasteiger partial charge < -0.3 is 10.2 Å². The topological polar surface area (TPSA) is 49.4 Å². The molecule has 0 spiro atoms. The van der Waals surface area contributed by atoms with Gasteiger partial charge in [-0.3, -0.25) is 9.59 Å². The molecule has 1 unspecified atom stereocenters. The molecule has 0 bridgehead atoms. The van der Waals surface area contributed by atoms with E-state index in [1.807, 2.05) is 0 Å². The summed E-state index contributed by atoms with van der Waals surface area (Å²) in [6.07, 6.45) is 2.10. The second kappa shape index (κ2) is 7.10. The number of hydrogen-bond donors (Lipinski definition) is 1. The van der Waals surface area contributed by atoms with Gasteiger partial charge in [-0.05, 0) is 44.7 Å². The number of rotatable bonds is 3. The van der Waals surface area contributed by atoms with Crippen LogP contribution in [0.1, 0.15) is 33.6 Å². The third-order valence-corrected chi connectivity index (χ3v) is 5.07. The number of nitrogens with zero attached hydrogens (tertiary/aromatic N) is 1. The minimum atomic E-state index is -1.16. The summed E-state index contributed by atoms with van der Waals surface area (Å²) in [6, 6.07) is 5.01. The van der Waals surface area contributed by atoms with Crippen LogP contribution in [-0.2, 0) is 9.59 Å². The molecule has 1 heterocycles. The number of halogens is 2. The molecule has 4 nitrogen and oxygen atoms in total. The zero-order valence-electron chi connectivity index (χ0n) is 13.7. The maximum absolute atomic E-state index is 12.8. The number of amides is 2. The molecule has 0 radical (unpaired) electrons.